The number of nitrogens with two attached hydrogens (primary N) is 1. The number of aliphatic carboxylic acids is 1. The number of nitrogens with one attached hydrogen (secondary N) is 1. The van der Waals surface area contributed by atoms with Crippen molar-refractivity contribution in [2.75, 3.05) is 25.5 Å². The number of hydrogen-bond donors (Lipinski definition) is 3. The van der Waals surface area contributed by atoms with Crippen molar-refractivity contribution in [3.63, 3.8) is 0 Å². The van der Waals surface area contributed by atoms with Gasteiger partial charge in [-0.2, -0.15) is 0 Å². The molecule has 0 bridgehead atoms. The molecule has 9 heteroatoms. The highest BCUT2D eigenvalue weighted by molar-refractivity contribution is 7.89. The standard InChI is InChI=1S/C7H14N2O6S/c8-16(13,14)3-1-2-9-6(10)4-15-5-7(11)12/h1-5H2,(H,9,10)(H,11,12)(H2,8,13,14). The van der Waals surface area contributed by atoms with Crippen molar-refractivity contribution in [1.82, 2.24) is 5.32 Å². The molecule has 0 aliphatic rings. The van der Waals surface area contributed by atoms with Gasteiger partial charge < -0.3 is 15.2 Å². The summed E-state index contributed by atoms with van der Waals surface area (Å²) < 4.78 is 25.5. The van der Waals surface area contributed by atoms with Gasteiger partial charge in [0.25, 0.3) is 0 Å². The fraction of sp³-hybridized carbons (Fsp3) is 0.714. The number of primary sulfonamides is 1. The smallest absolute Gasteiger partial charge is 0.329 e. The fourth-order valence-electron chi connectivity index (χ4n) is 0.783. The maximum Gasteiger partial charge on any atom is 0.329 e. The zero-order chi connectivity index (χ0) is 12.6. The number of rotatable bonds is 8. The Bertz CT molecular complexity index is 339. The van der Waals surface area contributed by atoms with E-state index in [1.54, 1.807) is 0 Å². The van der Waals surface area contributed by atoms with E-state index in [9.17, 15) is 18.0 Å². The molecule has 0 aromatic heterocycles. The molecule has 0 saturated heterocycles. The second kappa shape index (κ2) is 7.14. The first-order valence-corrected chi connectivity index (χ1v) is 6.09. The van der Waals surface area contributed by atoms with Crippen LogP contribution in [-0.4, -0.2) is 50.9 Å². The quantitative estimate of drug-likeness (QED) is 0.424. The van der Waals surface area contributed by atoms with Gasteiger partial charge in [0.2, 0.25) is 15.9 Å². The molecule has 16 heavy (non-hydrogen) atoms. The number of amides is 1. The summed E-state index contributed by atoms with van der Waals surface area (Å²) in [5.74, 6) is -1.89. The van der Waals surface area contributed by atoms with Gasteiger partial charge in [0.15, 0.2) is 0 Å². The van der Waals surface area contributed by atoms with Crippen molar-refractivity contribution in [2.45, 2.75) is 6.42 Å². The Labute approximate surface area is 92.8 Å². The van der Waals surface area contributed by atoms with Gasteiger partial charge in [-0.25, -0.2) is 18.4 Å². The average molecular weight is 254 g/mol. The van der Waals surface area contributed by atoms with Gasteiger partial charge in [-0.15, -0.1) is 0 Å². The van der Waals surface area contributed by atoms with E-state index in [-0.39, 0.29) is 25.3 Å². The molecule has 4 N–H and O–H groups in total. The largest absolute Gasteiger partial charge is 0.480 e. The summed E-state index contributed by atoms with van der Waals surface area (Å²) in [4.78, 5) is 21.0. The summed E-state index contributed by atoms with van der Waals surface area (Å²) in [6.07, 6.45) is 0.198. The molecule has 0 rings (SSSR count). The second-order valence-corrected chi connectivity index (χ2v) is 4.69. The van der Waals surface area contributed by atoms with Crippen LogP contribution in [0.5, 0.6) is 0 Å². The van der Waals surface area contributed by atoms with Gasteiger partial charge in [0.1, 0.15) is 13.2 Å². The van der Waals surface area contributed by atoms with Gasteiger partial charge in [0, 0.05) is 6.54 Å². The molecule has 0 aliphatic heterocycles. The van der Waals surface area contributed by atoms with E-state index >= 15 is 0 Å². The van der Waals surface area contributed by atoms with Crippen LogP contribution in [0.25, 0.3) is 0 Å². The number of carbonyl (C=O) groups is 2. The van der Waals surface area contributed by atoms with Crippen LogP contribution in [0.4, 0.5) is 0 Å². The molecule has 0 spiro atoms. The molecule has 0 aliphatic carbocycles. The van der Waals surface area contributed by atoms with Crippen molar-refractivity contribution >= 4 is 21.9 Å². The number of carbonyl (C=O) groups excluding carboxylic acids is 1. The zero-order valence-corrected chi connectivity index (χ0v) is 9.33. The van der Waals surface area contributed by atoms with E-state index in [0.717, 1.165) is 0 Å². The highest BCUT2D eigenvalue weighted by Gasteiger charge is 2.05. The highest BCUT2D eigenvalue weighted by Crippen LogP contribution is 1.84. The van der Waals surface area contributed by atoms with E-state index in [1.165, 1.54) is 0 Å². The van der Waals surface area contributed by atoms with E-state index in [2.05, 4.69) is 10.1 Å². The predicted molar refractivity (Wildman–Crippen MR) is 54.1 cm³/mol. The van der Waals surface area contributed by atoms with Crippen LogP contribution < -0.4 is 10.5 Å². The molecule has 0 unspecified atom stereocenters. The molecule has 8 nitrogen and oxygen atoms in total. The summed E-state index contributed by atoms with van der Waals surface area (Å²) in [5, 5.41) is 15.3. The number of ether oxygens (including phenoxy) is 1. The van der Waals surface area contributed by atoms with Gasteiger partial charge in [-0.3, -0.25) is 4.79 Å². The van der Waals surface area contributed by atoms with Crippen molar-refractivity contribution in [3.05, 3.63) is 0 Å². The Morgan fingerprint density at radius 1 is 1.31 bits per heavy atom. The lowest BCUT2D eigenvalue weighted by molar-refractivity contribution is -0.143. The Morgan fingerprint density at radius 3 is 2.44 bits per heavy atom. The molecule has 0 heterocycles. The third-order valence-electron chi connectivity index (χ3n) is 1.39. The first kappa shape index (κ1) is 14.8. The zero-order valence-electron chi connectivity index (χ0n) is 8.51. The minimum absolute atomic E-state index is 0.145. The van der Waals surface area contributed by atoms with Crippen molar-refractivity contribution < 1.29 is 27.9 Å². The normalized spacial score (nSPS) is 11.1. The van der Waals surface area contributed by atoms with E-state index < -0.39 is 28.5 Å². The van der Waals surface area contributed by atoms with Gasteiger partial charge in [-0.05, 0) is 6.42 Å². The Balaban J connectivity index is 3.48. The number of sulfonamides is 1. The van der Waals surface area contributed by atoms with E-state index in [4.69, 9.17) is 10.2 Å². The SMILES string of the molecule is NS(=O)(=O)CCCNC(=O)COCC(=O)O. The fourth-order valence-corrected chi connectivity index (χ4v) is 1.33. The third-order valence-corrected chi connectivity index (χ3v) is 2.24. The average Bonchev–Trinajstić information content (AvgIpc) is 2.10. The number of carboxylic acid groups (broad SMARTS) is 1. The molecular formula is C7H14N2O6S. The second-order valence-electron chi connectivity index (χ2n) is 2.96. The van der Waals surface area contributed by atoms with Crippen LogP contribution in [0.15, 0.2) is 0 Å². The Morgan fingerprint density at radius 2 is 1.94 bits per heavy atom. The summed E-state index contributed by atoms with van der Waals surface area (Å²) in [7, 11) is -3.51. The van der Waals surface area contributed by atoms with Crippen molar-refractivity contribution in [1.29, 1.82) is 0 Å². The third kappa shape index (κ3) is 10.9. The molecule has 0 aromatic rings. The van der Waals surface area contributed by atoms with Crippen LogP contribution in [0, 0.1) is 0 Å². The van der Waals surface area contributed by atoms with Crippen LogP contribution in [0.1, 0.15) is 6.42 Å². The maximum atomic E-state index is 10.9. The van der Waals surface area contributed by atoms with Gasteiger partial charge >= 0.3 is 5.97 Å². The molecule has 0 fully saturated rings. The Kier molecular flexibility index (Phi) is 6.61. The monoisotopic (exact) mass is 254 g/mol. The molecular weight excluding hydrogens is 240 g/mol. The predicted octanol–water partition coefficient (Wildman–Crippen LogP) is -2.12. The highest BCUT2D eigenvalue weighted by atomic mass is 32.2. The molecule has 0 saturated carbocycles. The van der Waals surface area contributed by atoms with Gasteiger partial charge in [-0.1, -0.05) is 0 Å². The minimum Gasteiger partial charge on any atom is -0.480 e. The molecule has 94 valence electrons. The first-order chi connectivity index (χ1) is 7.31. The number of carboxylic acids is 1. The molecule has 0 atom stereocenters. The topological polar surface area (TPSA) is 136 Å². The summed E-state index contributed by atoms with van der Waals surface area (Å²) in [6, 6.07) is 0. The minimum atomic E-state index is -3.51. The maximum absolute atomic E-state index is 10.9. The van der Waals surface area contributed by atoms with Crippen LogP contribution in [0.3, 0.4) is 0 Å². The van der Waals surface area contributed by atoms with Gasteiger partial charge in [0.05, 0.1) is 5.75 Å². The van der Waals surface area contributed by atoms with Crippen LogP contribution >= 0.6 is 0 Å². The van der Waals surface area contributed by atoms with Crippen molar-refractivity contribution in [2.24, 2.45) is 5.14 Å². The summed E-state index contributed by atoms with van der Waals surface area (Å²) in [5.41, 5.74) is 0. The lowest BCUT2D eigenvalue weighted by Gasteiger charge is -2.04. The molecule has 0 radical (unpaired) electrons. The van der Waals surface area contributed by atoms with Crippen LogP contribution in [-0.2, 0) is 24.3 Å². The van der Waals surface area contributed by atoms with E-state index in [0.29, 0.717) is 0 Å². The lowest BCUT2D eigenvalue weighted by atomic mass is 10.4. The molecule has 1 amide bonds. The first-order valence-electron chi connectivity index (χ1n) is 4.38. The van der Waals surface area contributed by atoms with E-state index in [1.807, 2.05) is 0 Å². The summed E-state index contributed by atoms with van der Waals surface area (Å²) in [6.45, 7) is -0.780. The lowest BCUT2D eigenvalue weighted by Crippen LogP contribution is -2.31. The molecule has 0 aromatic carbocycles. The number of hydrogen-bond acceptors (Lipinski definition) is 5. The van der Waals surface area contributed by atoms with Crippen LogP contribution in [0.2, 0.25) is 0 Å². The summed E-state index contributed by atoms with van der Waals surface area (Å²) >= 11 is 0. The van der Waals surface area contributed by atoms with Crippen molar-refractivity contribution in [3.8, 4) is 0 Å². The Hall–Kier alpha value is -1.19.